The van der Waals surface area contributed by atoms with Gasteiger partial charge in [-0.25, -0.2) is 0 Å². The fourth-order valence-corrected chi connectivity index (χ4v) is 1.99. The molecule has 2 aromatic rings. The Morgan fingerprint density at radius 1 is 1.45 bits per heavy atom. The molecule has 6 nitrogen and oxygen atoms in total. The van der Waals surface area contributed by atoms with Crippen LogP contribution in [-0.2, 0) is 6.42 Å². The third kappa shape index (κ3) is 2.95. The first-order valence-electron chi connectivity index (χ1n) is 6.08. The number of nitriles is 1. The van der Waals surface area contributed by atoms with Gasteiger partial charge in [-0.05, 0) is 31.2 Å². The quantitative estimate of drug-likeness (QED) is 0.666. The van der Waals surface area contributed by atoms with E-state index in [4.69, 9.17) is 9.68 Å². The number of nitrogens with one attached hydrogen (secondary N) is 1. The van der Waals surface area contributed by atoms with Crippen LogP contribution in [0.2, 0.25) is 0 Å². The Bertz CT molecular complexity index is 644. The van der Waals surface area contributed by atoms with E-state index in [1.54, 1.807) is 24.5 Å². The normalized spacial score (nSPS) is 11.6. The first-order valence-corrected chi connectivity index (χ1v) is 6.08. The molecule has 1 aromatic heterocycles. The van der Waals surface area contributed by atoms with Crippen molar-refractivity contribution >= 4 is 11.4 Å². The summed E-state index contributed by atoms with van der Waals surface area (Å²) in [6.07, 6.45) is 2.18. The molecule has 6 heteroatoms. The maximum atomic E-state index is 11.1. The Morgan fingerprint density at radius 2 is 2.25 bits per heavy atom. The first-order chi connectivity index (χ1) is 9.61. The molecule has 2 rings (SSSR count). The predicted octanol–water partition coefficient (Wildman–Crippen LogP) is 3.10. The Morgan fingerprint density at radius 3 is 2.85 bits per heavy atom. The molecule has 0 spiro atoms. The predicted molar refractivity (Wildman–Crippen MR) is 73.3 cm³/mol. The minimum absolute atomic E-state index is 0.0465. The van der Waals surface area contributed by atoms with Crippen molar-refractivity contribution in [1.82, 2.24) is 0 Å². The number of para-hydroxylation sites is 1. The summed E-state index contributed by atoms with van der Waals surface area (Å²) in [6.45, 7) is 1.89. The Kier molecular flexibility index (Phi) is 4.01. The number of nitro groups is 1. The van der Waals surface area contributed by atoms with Gasteiger partial charge in [0, 0.05) is 12.5 Å². The van der Waals surface area contributed by atoms with Crippen molar-refractivity contribution in [2.45, 2.75) is 19.4 Å². The van der Waals surface area contributed by atoms with Crippen molar-refractivity contribution in [3.8, 4) is 6.07 Å². The van der Waals surface area contributed by atoms with Gasteiger partial charge in [-0.1, -0.05) is 6.07 Å². The molecule has 0 aliphatic carbocycles. The molecule has 1 aromatic carbocycles. The number of nitro benzene ring substituents is 1. The van der Waals surface area contributed by atoms with Gasteiger partial charge in [-0.3, -0.25) is 10.1 Å². The molecule has 0 fully saturated rings. The Balaban J connectivity index is 2.21. The Hall–Kier alpha value is -2.81. The van der Waals surface area contributed by atoms with E-state index in [0.29, 0.717) is 12.1 Å². The smallest absolute Gasteiger partial charge is 0.309 e. The zero-order valence-corrected chi connectivity index (χ0v) is 10.9. The second-order valence-corrected chi connectivity index (χ2v) is 4.40. The van der Waals surface area contributed by atoms with Crippen LogP contribution >= 0.6 is 0 Å². The van der Waals surface area contributed by atoms with Crippen LogP contribution in [0.25, 0.3) is 0 Å². The molecule has 20 heavy (non-hydrogen) atoms. The third-order valence-electron chi connectivity index (χ3n) is 2.83. The number of hydrogen-bond donors (Lipinski definition) is 1. The van der Waals surface area contributed by atoms with Crippen LogP contribution in [0.4, 0.5) is 11.4 Å². The van der Waals surface area contributed by atoms with Crippen molar-refractivity contribution < 1.29 is 9.34 Å². The highest BCUT2D eigenvalue weighted by molar-refractivity contribution is 5.68. The van der Waals surface area contributed by atoms with Crippen LogP contribution in [0.15, 0.2) is 41.0 Å². The zero-order chi connectivity index (χ0) is 14.5. The number of nitrogens with zero attached hydrogens (tertiary/aromatic N) is 2. The maximum Gasteiger partial charge on any atom is 0.309 e. The summed E-state index contributed by atoms with van der Waals surface area (Å²) in [7, 11) is 0. The first kappa shape index (κ1) is 13.6. The summed E-state index contributed by atoms with van der Waals surface area (Å²) < 4.78 is 5.24. The topological polar surface area (TPSA) is 92.1 Å². The van der Waals surface area contributed by atoms with E-state index in [9.17, 15) is 10.1 Å². The minimum atomic E-state index is -0.541. The molecular formula is C14H13N3O3. The maximum absolute atomic E-state index is 11.1. The lowest BCUT2D eigenvalue weighted by atomic mass is 10.1. The largest absolute Gasteiger partial charge is 0.469 e. The van der Waals surface area contributed by atoms with Gasteiger partial charge in [0.25, 0.3) is 0 Å². The lowest BCUT2D eigenvalue weighted by Crippen LogP contribution is -2.18. The summed E-state index contributed by atoms with van der Waals surface area (Å²) in [6, 6.07) is 10.1. The molecule has 1 atom stereocenters. The van der Waals surface area contributed by atoms with Gasteiger partial charge in [-0.15, -0.1) is 0 Å². The second-order valence-electron chi connectivity index (χ2n) is 4.40. The van der Waals surface area contributed by atoms with E-state index >= 15 is 0 Å². The van der Waals surface area contributed by atoms with Crippen LogP contribution in [0.1, 0.15) is 18.2 Å². The summed E-state index contributed by atoms with van der Waals surface area (Å²) >= 11 is 0. The van der Waals surface area contributed by atoms with Crippen molar-refractivity contribution in [2.24, 2.45) is 0 Å². The fraction of sp³-hybridized carbons (Fsp3) is 0.214. The molecule has 0 aliphatic heterocycles. The number of hydrogen-bond acceptors (Lipinski definition) is 5. The van der Waals surface area contributed by atoms with E-state index in [1.807, 2.05) is 19.1 Å². The Labute approximate surface area is 115 Å². The molecule has 102 valence electrons. The zero-order valence-electron chi connectivity index (χ0n) is 10.9. The summed E-state index contributed by atoms with van der Waals surface area (Å²) in [5, 5.41) is 23.1. The molecule has 0 amide bonds. The molecule has 0 bridgehead atoms. The lowest BCUT2D eigenvalue weighted by Gasteiger charge is -2.14. The summed E-state index contributed by atoms with van der Waals surface area (Å²) in [4.78, 5) is 10.6. The van der Waals surface area contributed by atoms with Crippen LogP contribution in [0.5, 0.6) is 0 Å². The monoisotopic (exact) mass is 271 g/mol. The van der Waals surface area contributed by atoms with Gasteiger partial charge in [0.05, 0.1) is 11.2 Å². The minimum Gasteiger partial charge on any atom is -0.469 e. The third-order valence-corrected chi connectivity index (χ3v) is 2.83. The molecule has 0 saturated carbocycles. The van der Waals surface area contributed by atoms with E-state index in [-0.39, 0.29) is 17.3 Å². The van der Waals surface area contributed by atoms with Gasteiger partial charge >= 0.3 is 5.69 Å². The highest BCUT2D eigenvalue weighted by Gasteiger charge is 2.20. The van der Waals surface area contributed by atoms with Crippen molar-refractivity contribution in [2.75, 3.05) is 5.32 Å². The molecule has 0 saturated heterocycles. The number of rotatable bonds is 5. The van der Waals surface area contributed by atoms with Crippen molar-refractivity contribution in [1.29, 1.82) is 5.26 Å². The SMILES string of the molecule is CC(Cc1ccco1)Nc1cccc(C#N)c1[N+](=O)[O-]. The van der Waals surface area contributed by atoms with Gasteiger partial charge in [-0.2, -0.15) is 5.26 Å². The number of anilines is 1. The average Bonchev–Trinajstić information content (AvgIpc) is 2.90. The van der Waals surface area contributed by atoms with Crippen molar-refractivity contribution in [3.63, 3.8) is 0 Å². The fourth-order valence-electron chi connectivity index (χ4n) is 1.99. The van der Waals surface area contributed by atoms with Crippen LogP contribution in [0, 0.1) is 21.4 Å². The molecule has 0 aliphatic rings. The van der Waals surface area contributed by atoms with E-state index in [0.717, 1.165) is 5.76 Å². The molecule has 1 heterocycles. The number of furan rings is 1. The molecule has 0 radical (unpaired) electrons. The second kappa shape index (κ2) is 5.89. The highest BCUT2D eigenvalue weighted by atomic mass is 16.6. The van der Waals surface area contributed by atoms with E-state index in [2.05, 4.69) is 5.32 Å². The summed E-state index contributed by atoms with van der Waals surface area (Å²) in [5.74, 6) is 0.795. The molecular weight excluding hydrogens is 258 g/mol. The van der Waals surface area contributed by atoms with E-state index < -0.39 is 4.92 Å². The van der Waals surface area contributed by atoms with Gasteiger partial charge in [0.1, 0.15) is 23.1 Å². The van der Waals surface area contributed by atoms with Gasteiger partial charge in [0.2, 0.25) is 0 Å². The van der Waals surface area contributed by atoms with Crippen LogP contribution in [0.3, 0.4) is 0 Å². The molecule has 1 unspecified atom stereocenters. The summed E-state index contributed by atoms with van der Waals surface area (Å²) in [5.41, 5.74) is 0.194. The van der Waals surface area contributed by atoms with E-state index in [1.165, 1.54) is 6.07 Å². The lowest BCUT2D eigenvalue weighted by molar-refractivity contribution is -0.384. The van der Waals surface area contributed by atoms with Gasteiger partial charge < -0.3 is 9.73 Å². The molecule has 1 N–H and O–H groups in total. The van der Waals surface area contributed by atoms with Gasteiger partial charge in [0.15, 0.2) is 0 Å². The standard InChI is InChI=1S/C14H13N3O3/c1-10(8-12-5-3-7-20-12)16-13-6-2-4-11(9-15)14(13)17(18)19/h2-7,10,16H,8H2,1H3. The van der Waals surface area contributed by atoms with Crippen LogP contribution in [-0.4, -0.2) is 11.0 Å². The number of benzene rings is 1. The average molecular weight is 271 g/mol. The van der Waals surface area contributed by atoms with Crippen molar-refractivity contribution in [3.05, 3.63) is 58.0 Å². The van der Waals surface area contributed by atoms with Crippen LogP contribution < -0.4 is 5.32 Å². The highest BCUT2D eigenvalue weighted by Crippen LogP contribution is 2.28.